The van der Waals surface area contributed by atoms with Crippen molar-refractivity contribution < 1.29 is 0 Å². The van der Waals surface area contributed by atoms with Crippen LogP contribution in [0.2, 0.25) is 0 Å². The van der Waals surface area contributed by atoms with Crippen molar-refractivity contribution in [3.63, 3.8) is 0 Å². The van der Waals surface area contributed by atoms with E-state index in [-0.39, 0.29) is 0 Å². The number of rotatable bonds is 5. The second-order valence-corrected chi connectivity index (χ2v) is 5.02. The third kappa shape index (κ3) is 4.10. The lowest BCUT2D eigenvalue weighted by Crippen LogP contribution is -2.03. The van der Waals surface area contributed by atoms with Crippen LogP contribution in [0.3, 0.4) is 0 Å². The summed E-state index contributed by atoms with van der Waals surface area (Å²) in [6.45, 7) is 8.88. The van der Waals surface area contributed by atoms with E-state index < -0.39 is 0 Å². The lowest BCUT2D eigenvalue weighted by atomic mass is 10.0. The average molecular weight is 221 g/mol. The SMILES string of the molecule is C=C(CN)CSc1ccc(C(C)C)cc1. The van der Waals surface area contributed by atoms with Crippen LogP contribution in [-0.2, 0) is 0 Å². The fraction of sp³-hybridized carbons (Fsp3) is 0.385. The smallest absolute Gasteiger partial charge is 0.0200 e. The van der Waals surface area contributed by atoms with E-state index in [4.69, 9.17) is 5.73 Å². The van der Waals surface area contributed by atoms with Crippen molar-refractivity contribution in [2.24, 2.45) is 5.73 Å². The molecule has 0 saturated carbocycles. The van der Waals surface area contributed by atoms with Gasteiger partial charge in [-0.25, -0.2) is 0 Å². The minimum Gasteiger partial charge on any atom is -0.327 e. The highest BCUT2D eigenvalue weighted by atomic mass is 32.2. The lowest BCUT2D eigenvalue weighted by Gasteiger charge is -2.07. The summed E-state index contributed by atoms with van der Waals surface area (Å²) in [6, 6.07) is 8.73. The number of thioether (sulfide) groups is 1. The van der Waals surface area contributed by atoms with Gasteiger partial charge in [0.05, 0.1) is 0 Å². The molecule has 0 aliphatic carbocycles. The first-order chi connectivity index (χ1) is 7.13. The molecule has 1 rings (SSSR count). The van der Waals surface area contributed by atoms with E-state index >= 15 is 0 Å². The molecule has 1 aromatic carbocycles. The molecule has 0 unspecified atom stereocenters. The van der Waals surface area contributed by atoms with Crippen LogP contribution in [0.25, 0.3) is 0 Å². The van der Waals surface area contributed by atoms with Gasteiger partial charge < -0.3 is 5.73 Å². The molecule has 1 nitrogen and oxygen atoms in total. The zero-order valence-corrected chi connectivity index (χ0v) is 10.3. The van der Waals surface area contributed by atoms with E-state index in [1.54, 1.807) is 11.8 Å². The molecule has 0 atom stereocenters. The predicted octanol–water partition coefficient (Wildman–Crippen LogP) is 3.42. The Bertz CT molecular complexity index is 314. The van der Waals surface area contributed by atoms with Crippen molar-refractivity contribution >= 4 is 11.8 Å². The van der Waals surface area contributed by atoms with E-state index in [0.717, 1.165) is 11.3 Å². The first kappa shape index (κ1) is 12.3. The minimum absolute atomic E-state index is 0.580. The van der Waals surface area contributed by atoms with Crippen LogP contribution >= 0.6 is 11.8 Å². The molecule has 0 radical (unpaired) electrons. The lowest BCUT2D eigenvalue weighted by molar-refractivity contribution is 0.865. The quantitative estimate of drug-likeness (QED) is 0.609. The summed E-state index contributed by atoms with van der Waals surface area (Å²) in [4.78, 5) is 1.29. The van der Waals surface area contributed by atoms with E-state index in [1.807, 2.05) is 0 Å². The number of nitrogens with two attached hydrogens (primary N) is 1. The minimum atomic E-state index is 0.580. The Morgan fingerprint density at radius 2 is 1.93 bits per heavy atom. The summed E-state index contributed by atoms with van der Waals surface area (Å²) in [7, 11) is 0. The Kier molecular flexibility index (Phi) is 4.92. The summed E-state index contributed by atoms with van der Waals surface area (Å²) in [5.74, 6) is 1.51. The second kappa shape index (κ2) is 5.99. The van der Waals surface area contributed by atoms with Gasteiger partial charge in [0, 0.05) is 17.2 Å². The van der Waals surface area contributed by atoms with Gasteiger partial charge in [0.2, 0.25) is 0 Å². The second-order valence-electron chi connectivity index (χ2n) is 3.97. The maximum absolute atomic E-state index is 5.49. The van der Waals surface area contributed by atoms with Gasteiger partial charge in [-0.05, 0) is 23.6 Å². The molecule has 2 N–H and O–H groups in total. The predicted molar refractivity (Wildman–Crippen MR) is 69.4 cm³/mol. The van der Waals surface area contributed by atoms with E-state index in [9.17, 15) is 0 Å². The van der Waals surface area contributed by atoms with Crippen LogP contribution in [0.5, 0.6) is 0 Å². The van der Waals surface area contributed by atoms with Gasteiger partial charge in [0.1, 0.15) is 0 Å². The average Bonchev–Trinajstić information content (AvgIpc) is 2.26. The molecule has 0 aliphatic rings. The largest absolute Gasteiger partial charge is 0.327 e. The molecule has 0 aromatic heterocycles. The molecule has 0 fully saturated rings. The monoisotopic (exact) mass is 221 g/mol. The van der Waals surface area contributed by atoms with Gasteiger partial charge >= 0.3 is 0 Å². The first-order valence-electron chi connectivity index (χ1n) is 5.23. The van der Waals surface area contributed by atoms with Gasteiger partial charge in [-0.1, -0.05) is 38.1 Å². The van der Waals surface area contributed by atoms with Gasteiger partial charge in [-0.3, -0.25) is 0 Å². The Balaban J connectivity index is 2.53. The van der Waals surface area contributed by atoms with Crippen LogP contribution in [0.15, 0.2) is 41.3 Å². The normalized spacial score (nSPS) is 10.7. The molecule has 1 aromatic rings. The van der Waals surface area contributed by atoms with Crippen molar-refractivity contribution in [1.29, 1.82) is 0 Å². The van der Waals surface area contributed by atoms with E-state index in [2.05, 4.69) is 44.7 Å². The summed E-state index contributed by atoms with van der Waals surface area (Å²) < 4.78 is 0. The third-order valence-corrected chi connectivity index (χ3v) is 3.44. The van der Waals surface area contributed by atoms with Crippen LogP contribution in [0, 0.1) is 0 Å². The summed E-state index contributed by atoms with van der Waals surface area (Å²) in [5.41, 5.74) is 7.96. The standard InChI is InChI=1S/C13H19NS/c1-10(2)12-4-6-13(7-5-12)15-9-11(3)8-14/h4-7,10H,3,8-9,14H2,1-2H3. The zero-order valence-electron chi connectivity index (χ0n) is 9.49. The van der Waals surface area contributed by atoms with Gasteiger partial charge in [0.15, 0.2) is 0 Å². The number of benzene rings is 1. The summed E-state index contributed by atoms with van der Waals surface area (Å²) in [5, 5.41) is 0. The molecule has 82 valence electrons. The Labute approximate surface area is 96.8 Å². The highest BCUT2D eigenvalue weighted by Gasteiger charge is 1.99. The summed E-state index contributed by atoms with van der Waals surface area (Å²) in [6.07, 6.45) is 0. The van der Waals surface area contributed by atoms with Crippen molar-refractivity contribution in [2.45, 2.75) is 24.7 Å². The molecule has 0 aliphatic heterocycles. The molecule has 0 amide bonds. The highest BCUT2D eigenvalue weighted by molar-refractivity contribution is 7.99. The molecule has 0 heterocycles. The van der Waals surface area contributed by atoms with Crippen LogP contribution in [0.1, 0.15) is 25.3 Å². The van der Waals surface area contributed by atoms with Gasteiger partial charge in [-0.15, -0.1) is 11.8 Å². The van der Waals surface area contributed by atoms with Crippen LogP contribution in [0.4, 0.5) is 0 Å². The Morgan fingerprint density at radius 1 is 1.33 bits per heavy atom. The third-order valence-electron chi connectivity index (χ3n) is 2.28. The Morgan fingerprint density at radius 3 is 2.40 bits per heavy atom. The van der Waals surface area contributed by atoms with Crippen molar-refractivity contribution in [3.05, 3.63) is 42.0 Å². The zero-order chi connectivity index (χ0) is 11.3. The molecule has 0 bridgehead atoms. The van der Waals surface area contributed by atoms with Crippen molar-refractivity contribution in [1.82, 2.24) is 0 Å². The van der Waals surface area contributed by atoms with Gasteiger partial charge in [0.25, 0.3) is 0 Å². The first-order valence-corrected chi connectivity index (χ1v) is 6.21. The molecule has 0 saturated heterocycles. The molecular formula is C13H19NS. The topological polar surface area (TPSA) is 26.0 Å². The molecule has 15 heavy (non-hydrogen) atoms. The number of hydrogen-bond acceptors (Lipinski definition) is 2. The van der Waals surface area contributed by atoms with E-state index in [0.29, 0.717) is 12.5 Å². The fourth-order valence-corrected chi connectivity index (χ4v) is 2.01. The van der Waals surface area contributed by atoms with Gasteiger partial charge in [-0.2, -0.15) is 0 Å². The molecule has 0 spiro atoms. The van der Waals surface area contributed by atoms with Crippen LogP contribution in [-0.4, -0.2) is 12.3 Å². The highest BCUT2D eigenvalue weighted by Crippen LogP contribution is 2.22. The van der Waals surface area contributed by atoms with Crippen LogP contribution < -0.4 is 5.73 Å². The van der Waals surface area contributed by atoms with Crippen molar-refractivity contribution in [2.75, 3.05) is 12.3 Å². The fourth-order valence-electron chi connectivity index (χ4n) is 1.19. The summed E-state index contributed by atoms with van der Waals surface area (Å²) >= 11 is 1.79. The Hall–Kier alpha value is -0.730. The van der Waals surface area contributed by atoms with E-state index in [1.165, 1.54) is 10.5 Å². The van der Waals surface area contributed by atoms with Crippen molar-refractivity contribution in [3.8, 4) is 0 Å². The maximum atomic E-state index is 5.49. The number of hydrogen-bond donors (Lipinski definition) is 1. The molecule has 2 heteroatoms. The molecular weight excluding hydrogens is 202 g/mol. The maximum Gasteiger partial charge on any atom is 0.0200 e.